The summed E-state index contributed by atoms with van der Waals surface area (Å²) in [5.74, 6) is 0. The second-order valence-corrected chi connectivity index (χ2v) is 4.07. The lowest BCUT2D eigenvalue weighted by Crippen LogP contribution is -2.19. The van der Waals surface area contributed by atoms with Crippen LogP contribution in [0.2, 0.25) is 0 Å². The normalized spacial score (nSPS) is 12.5. The summed E-state index contributed by atoms with van der Waals surface area (Å²) in [5, 5.41) is 3.94. The van der Waals surface area contributed by atoms with Crippen molar-refractivity contribution in [3.05, 3.63) is 47.0 Å². The van der Waals surface area contributed by atoms with E-state index in [4.69, 9.17) is 11.6 Å². The minimum atomic E-state index is 0.311. The first-order chi connectivity index (χ1) is 6.59. The van der Waals surface area contributed by atoms with Crippen molar-refractivity contribution in [1.29, 1.82) is 0 Å². The van der Waals surface area contributed by atoms with Crippen LogP contribution in [0.15, 0.2) is 35.9 Å². The lowest BCUT2D eigenvalue weighted by Gasteiger charge is -2.14. The van der Waals surface area contributed by atoms with E-state index in [0.29, 0.717) is 17.6 Å². The van der Waals surface area contributed by atoms with E-state index >= 15 is 0 Å². The first-order valence-electron chi connectivity index (χ1n) is 4.73. The van der Waals surface area contributed by atoms with Gasteiger partial charge in [0.05, 0.1) is 0 Å². The van der Waals surface area contributed by atoms with Gasteiger partial charge in [-0.3, -0.25) is 0 Å². The smallest absolute Gasteiger partial charge is 0.0313 e. The van der Waals surface area contributed by atoms with Crippen molar-refractivity contribution in [1.82, 2.24) is 5.32 Å². The Labute approximate surface area is 90.8 Å². The molecule has 0 bridgehead atoms. The fourth-order valence-corrected chi connectivity index (χ4v) is 1.40. The molecule has 1 aromatic carbocycles. The van der Waals surface area contributed by atoms with Crippen LogP contribution in [0.1, 0.15) is 24.1 Å². The fourth-order valence-electron chi connectivity index (χ4n) is 1.32. The van der Waals surface area contributed by atoms with E-state index in [1.54, 1.807) is 0 Å². The van der Waals surface area contributed by atoms with E-state index in [-0.39, 0.29) is 0 Å². The van der Waals surface area contributed by atoms with Crippen molar-refractivity contribution >= 4 is 11.6 Å². The monoisotopic (exact) mass is 209 g/mol. The van der Waals surface area contributed by atoms with Gasteiger partial charge in [0, 0.05) is 17.6 Å². The number of hydrogen-bond acceptors (Lipinski definition) is 1. The van der Waals surface area contributed by atoms with Crippen LogP contribution in [0.4, 0.5) is 0 Å². The molecule has 0 aromatic heterocycles. The molecular weight excluding hydrogens is 194 g/mol. The van der Waals surface area contributed by atoms with Gasteiger partial charge in [-0.05, 0) is 19.4 Å². The minimum absolute atomic E-state index is 0.311. The molecule has 0 amide bonds. The summed E-state index contributed by atoms with van der Waals surface area (Å²) in [6.45, 7) is 8.50. The van der Waals surface area contributed by atoms with Crippen molar-refractivity contribution < 1.29 is 0 Å². The summed E-state index contributed by atoms with van der Waals surface area (Å²) in [5.41, 5.74) is 2.56. The van der Waals surface area contributed by atoms with Crippen LogP contribution in [0.25, 0.3) is 0 Å². The van der Waals surface area contributed by atoms with E-state index in [1.165, 1.54) is 11.1 Å². The fraction of sp³-hybridized carbons (Fsp3) is 0.333. The topological polar surface area (TPSA) is 12.0 Å². The maximum Gasteiger partial charge on any atom is 0.0313 e. The molecule has 1 aromatic rings. The SMILES string of the molecule is C=C(Cl)CN[C@@H](C)c1cccc(C)c1. The molecule has 1 N–H and O–H groups in total. The largest absolute Gasteiger partial charge is 0.305 e. The minimum Gasteiger partial charge on any atom is -0.305 e. The summed E-state index contributed by atoms with van der Waals surface area (Å²) in [7, 11) is 0. The van der Waals surface area contributed by atoms with Crippen molar-refractivity contribution in [2.75, 3.05) is 6.54 Å². The highest BCUT2D eigenvalue weighted by molar-refractivity contribution is 6.29. The van der Waals surface area contributed by atoms with Gasteiger partial charge in [-0.15, -0.1) is 0 Å². The Bertz CT molecular complexity index is 320. The van der Waals surface area contributed by atoms with Gasteiger partial charge in [-0.1, -0.05) is 48.0 Å². The lowest BCUT2D eigenvalue weighted by atomic mass is 10.1. The van der Waals surface area contributed by atoms with Crippen LogP contribution in [-0.4, -0.2) is 6.54 Å². The van der Waals surface area contributed by atoms with E-state index in [2.05, 4.69) is 50.0 Å². The zero-order valence-electron chi connectivity index (χ0n) is 8.68. The Balaban J connectivity index is 2.60. The van der Waals surface area contributed by atoms with Crippen LogP contribution in [0.5, 0.6) is 0 Å². The molecule has 1 nitrogen and oxygen atoms in total. The van der Waals surface area contributed by atoms with Gasteiger partial charge in [0.25, 0.3) is 0 Å². The first kappa shape index (κ1) is 11.3. The molecule has 0 saturated carbocycles. The van der Waals surface area contributed by atoms with Gasteiger partial charge >= 0.3 is 0 Å². The highest BCUT2D eigenvalue weighted by Crippen LogP contribution is 2.13. The predicted octanol–water partition coefficient (Wildman–Crippen LogP) is 3.40. The zero-order chi connectivity index (χ0) is 10.6. The summed E-state index contributed by atoms with van der Waals surface area (Å²) in [6.07, 6.45) is 0. The molecule has 0 heterocycles. The summed E-state index contributed by atoms with van der Waals surface area (Å²) in [4.78, 5) is 0. The molecule has 0 spiro atoms. The average Bonchev–Trinajstić information content (AvgIpc) is 2.14. The summed E-state index contributed by atoms with van der Waals surface area (Å²) in [6, 6.07) is 8.76. The van der Waals surface area contributed by atoms with Gasteiger partial charge in [0.1, 0.15) is 0 Å². The molecule has 76 valence electrons. The molecule has 0 aliphatic carbocycles. The van der Waals surface area contributed by atoms with E-state index in [9.17, 15) is 0 Å². The molecule has 0 fully saturated rings. The number of benzene rings is 1. The van der Waals surface area contributed by atoms with E-state index in [1.807, 2.05) is 0 Å². The number of rotatable bonds is 4. The second-order valence-electron chi connectivity index (χ2n) is 3.53. The Morgan fingerprint density at radius 3 is 2.86 bits per heavy atom. The molecule has 2 heteroatoms. The lowest BCUT2D eigenvalue weighted by molar-refractivity contribution is 0.614. The molecule has 0 unspecified atom stereocenters. The Morgan fingerprint density at radius 1 is 1.57 bits per heavy atom. The molecule has 14 heavy (non-hydrogen) atoms. The van der Waals surface area contributed by atoms with Gasteiger partial charge in [-0.2, -0.15) is 0 Å². The second kappa shape index (κ2) is 5.18. The predicted molar refractivity (Wildman–Crippen MR) is 62.6 cm³/mol. The van der Waals surface area contributed by atoms with Gasteiger partial charge in [0.2, 0.25) is 0 Å². The van der Waals surface area contributed by atoms with Crippen molar-refractivity contribution in [2.24, 2.45) is 0 Å². The highest BCUT2D eigenvalue weighted by atomic mass is 35.5. The Kier molecular flexibility index (Phi) is 4.18. The molecule has 1 rings (SSSR count). The molecule has 0 radical (unpaired) electrons. The number of nitrogens with one attached hydrogen (secondary N) is 1. The number of hydrogen-bond donors (Lipinski definition) is 1. The van der Waals surface area contributed by atoms with Crippen LogP contribution in [0, 0.1) is 6.92 Å². The summed E-state index contributed by atoms with van der Waals surface area (Å²) >= 11 is 5.68. The third kappa shape index (κ3) is 3.52. The highest BCUT2D eigenvalue weighted by Gasteiger charge is 2.03. The Hall–Kier alpha value is -0.790. The summed E-state index contributed by atoms with van der Waals surface area (Å²) < 4.78 is 0. The number of aryl methyl sites for hydroxylation is 1. The maximum atomic E-state index is 5.68. The molecule has 1 atom stereocenters. The Morgan fingerprint density at radius 2 is 2.29 bits per heavy atom. The van der Waals surface area contributed by atoms with Crippen LogP contribution in [-0.2, 0) is 0 Å². The van der Waals surface area contributed by atoms with Gasteiger partial charge in [0.15, 0.2) is 0 Å². The van der Waals surface area contributed by atoms with E-state index in [0.717, 1.165) is 0 Å². The quantitative estimate of drug-likeness (QED) is 0.802. The molecular formula is C12H16ClN. The third-order valence-electron chi connectivity index (χ3n) is 2.14. The van der Waals surface area contributed by atoms with Crippen LogP contribution >= 0.6 is 11.6 Å². The van der Waals surface area contributed by atoms with Crippen LogP contribution in [0.3, 0.4) is 0 Å². The van der Waals surface area contributed by atoms with Crippen LogP contribution < -0.4 is 5.32 Å². The van der Waals surface area contributed by atoms with Crippen molar-refractivity contribution in [3.63, 3.8) is 0 Å². The van der Waals surface area contributed by atoms with Crippen molar-refractivity contribution in [3.8, 4) is 0 Å². The molecule has 0 aliphatic rings. The standard InChI is InChI=1S/C12H16ClN/c1-9-5-4-6-12(7-9)11(3)14-8-10(2)13/h4-7,11,14H,2,8H2,1,3H3/t11-/m0/s1. The average molecular weight is 210 g/mol. The van der Waals surface area contributed by atoms with Crippen molar-refractivity contribution in [2.45, 2.75) is 19.9 Å². The maximum absolute atomic E-state index is 5.68. The van der Waals surface area contributed by atoms with Gasteiger partial charge in [-0.25, -0.2) is 0 Å². The van der Waals surface area contributed by atoms with Gasteiger partial charge < -0.3 is 5.32 Å². The molecule has 0 saturated heterocycles. The third-order valence-corrected chi connectivity index (χ3v) is 2.28. The first-order valence-corrected chi connectivity index (χ1v) is 5.10. The zero-order valence-corrected chi connectivity index (χ0v) is 9.43. The molecule has 0 aliphatic heterocycles. The van der Waals surface area contributed by atoms with E-state index < -0.39 is 0 Å². The number of halogens is 1.